The maximum atomic E-state index is 10.3. The fourth-order valence-electron chi connectivity index (χ4n) is 1.04. The minimum Gasteiger partial charge on any atom is -0.466 e. The first-order chi connectivity index (χ1) is 8.79. The lowest BCUT2D eigenvalue weighted by atomic mass is 10.1. The second-order valence-corrected chi connectivity index (χ2v) is 5.13. The first kappa shape index (κ1) is 20.2. The number of ether oxygens (including phenoxy) is 1. The van der Waals surface area contributed by atoms with Crippen LogP contribution in [0.4, 0.5) is 0 Å². The molecule has 112 valence electrons. The highest BCUT2D eigenvalue weighted by Gasteiger charge is 1.92. The summed E-state index contributed by atoms with van der Waals surface area (Å²) in [7, 11) is 3.99. The number of hydrogen-bond donors (Lipinski definition) is 0. The van der Waals surface area contributed by atoms with Gasteiger partial charge in [-0.05, 0) is 40.3 Å². The second kappa shape index (κ2) is 13.3. The van der Waals surface area contributed by atoms with E-state index in [1.54, 1.807) is 0 Å². The van der Waals surface area contributed by atoms with Gasteiger partial charge in [0.25, 0.3) is 0 Å². The Morgan fingerprint density at radius 2 is 1.84 bits per heavy atom. The standard InChI is InChI=1S/C9H16.C7H15NO2/c1-5-9(4)7-6-8(2)3;1-7(9)10-6-4-5-8(2)3/h5-8H,1-4H3;4-6H2,1-3H3/b7-6-,9-5-;. The van der Waals surface area contributed by atoms with Crippen molar-refractivity contribution in [3.05, 3.63) is 23.8 Å². The van der Waals surface area contributed by atoms with Gasteiger partial charge in [-0.1, -0.05) is 37.6 Å². The predicted octanol–water partition coefficient (Wildman–Crippen LogP) is 3.67. The molecule has 0 N–H and O–H groups in total. The molecular weight excluding hydrogens is 238 g/mol. The van der Waals surface area contributed by atoms with E-state index in [1.807, 2.05) is 14.1 Å². The van der Waals surface area contributed by atoms with Gasteiger partial charge in [0.05, 0.1) is 6.61 Å². The van der Waals surface area contributed by atoms with E-state index in [-0.39, 0.29) is 5.97 Å². The molecule has 0 aliphatic rings. The van der Waals surface area contributed by atoms with Crippen molar-refractivity contribution in [1.29, 1.82) is 0 Å². The third kappa shape index (κ3) is 22.6. The third-order valence-corrected chi connectivity index (χ3v) is 2.25. The average molecular weight is 269 g/mol. The molecule has 0 bridgehead atoms. The van der Waals surface area contributed by atoms with Gasteiger partial charge in [-0.15, -0.1) is 0 Å². The van der Waals surface area contributed by atoms with Crippen LogP contribution < -0.4 is 0 Å². The number of rotatable bonds is 6. The molecule has 0 aliphatic carbocycles. The minimum absolute atomic E-state index is 0.196. The van der Waals surface area contributed by atoms with Crippen LogP contribution >= 0.6 is 0 Å². The monoisotopic (exact) mass is 269 g/mol. The molecular formula is C16H31NO2. The molecule has 0 aromatic rings. The first-order valence-corrected chi connectivity index (χ1v) is 6.88. The van der Waals surface area contributed by atoms with Crippen LogP contribution in [0.3, 0.4) is 0 Å². The Bertz CT molecular complexity index is 278. The van der Waals surface area contributed by atoms with Gasteiger partial charge in [0.2, 0.25) is 0 Å². The quantitative estimate of drug-likeness (QED) is 0.418. The summed E-state index contributed by atoms with van der Waals surface area (Å²) >= 11 is 0. The molecule has 0 aromatic carbocycles. The van der Waals surface area contributed by atoms with E-state index in [9.17, 15) is 4.79 Å². The average Bonchev–Trinajstić information content (AvgIpc) is 2.32. The highest BCUT2D eigenvalue weighted by Crippen LogP contribution is 1.99. The number of allylic oxidation sites excluding steroid dienone is 4. The number of carbonyl (C=O) groups is 1. The molecule has 0 saturated carbocycles. The van der Waals surface area contributed by atoms with Crippen LogP contribution in [-0.2, 0) is 9.53 Å². The number of nitrogens with zero attached hydrogens (tertiary/aromatic N) is 1. The van der Waals surface area contributed by atoms with Crippen molar-refractivity contribution < 1.29 is 9.53 Å². The van der Waals surface area contributed by atoms with E-state index in [2.05, 4.69) is 50.8 Å². The molecule has 0 saturated heterocycles. The Kier molecular flexibility index (Phi) is 14.2. The summed E-state index contributed by atoms with van der Waals surface area (Å²) in [4.78, 5) is 12.3. The van der Waals surface area contributed by atoms with Crippen molar-refractivity contribution in [3.8, 4) is 0 Å². The van der Waals surface area contributed by atoms with Crippen molar-refractivity contribution >= 4 is 5.97 Å². The summed E-state index contributed by atoms with van der Waals surface area (Å²) in [6.07, 6.45) is 7.38. The molecule has 3 nitrogen and oxygen atoms in total. The SMILES string of the molecule is C/C=C(C)\C=C/C(C)C.CC(=O)OCCCN(C)C. The molecule has 0 heterocycles. The van der Waals surface area contributed by atoms with Gasteiger partial charge in [0, 0.05) is 13.5 Å². The largest absolute Gasteiger partial charge is 0.466 e. The summed E-state index contributed by atoms with van der Waals surface area (Å²) in [5.41, 5.74) is 1.34. The van der Waals surface area contributed by atoms with Crippen LogP contribution in [0.5, 0.6) is 0 Å². The van der Waals surface area contributed by atoms with E-state index in [0.29, 0.717) is 12.5 Å². The summed E-state index contributed by atoms with van der Waals surface area (Å²) in [5, 5.41) is 0. The molecule has 0 unspecified atom stereocenters. The van der Waals surface area contributed by atoms with Gasteiger partial charge < -0.3 is 9.64 Å². The molecule has 0 radical (unpaired) electrons. The smallest absolute Gasteiger partial charge is 0.302 e. The minimum atomic E-state index is -0.196. The van der Waals surface area contributed by atoms with Crippen LogP contribution in [0.15, 0.2) is 23.8 Å². The molecule has 0 amide bonds. The number of esters is 1. The van der Waals surface area contributed by atoms with Crippen molar-refractivity contribution in [1.82, 2.24) is 4.90 Å². The zero-order chi connectivity index (χ0) is 15.3. The fraction of sp³-hybridized carbons (Fsp3) is 0.688. The molecule has 0 aliphatic heterocycles. The number of carbonyl (C=O) groups excluding carboxylic acids is 1. The van der Waals surface area contributed by atoms with Crippen molar-refractivity contribution in [2.24, 2.45) is 5.92 Å². The second-order valence-electron chi connectivity index (χ2n) is 5.13. The van der Waals surface area contributed by atoms with E-state index in [1.165, 1.54) is 12.5 Å². The maximum Gasteiger partial charge on any atom is 0.302 e. The third-order valence-electron chi connectivity index (χ3n) is 2.25. The van der Waals surface area contributed by atoms with Crippen LogP contribution in [0.1, 0.15) is 41.0 Å². The Morgan fingerprint density at radius 1 is 1.26 bits per heavy atom. The van der Waals surface area contributed by atoms with E-state index in [4.69, 9.17) is 4.74 Å². The molecule has 3 heteroatoms. The Labute approximate surface area is 119 Å². The molecule has 0 fully saturated rings. The van der Waals surface area contributed by atoms with Crippen molar-refractivity contribution in [2.75, 3.05) is 27.2 Å². The summed E-state index contributed by atoms with van der Waals surface area (Å²) in [5.74, 6) is 0.471. The van der Waals surface area contributed by atoms with Crippen LogP contribution in [-0.4, -0.2) is 38.1 Å². The van der Waals surface area contributed by atoms with E-state index < -0.39 is 0 Å². The molecule has 0 rings (SSSR count). The van der Waals surface area contributed by atoms with E-state index >= 15 is 0 Å². The summed E-state index contributed by atoms with van der Waals surface area (Å²) in [6, 6.07) is 0. The van der Waals surface area contributed by atoms with Crippen molar-refractivity contribution in [2.45, 2.75) is 41.0 Å². The topological polar surface area (TPSA) is 29.5 Å². The molecule has 0 spiro atoms. The number of hydrogen-bond acceptors (Lipinski definition) is 3. The molecule has 0 atom stereocenters. The van der Waals surface area contributed by atoms with Crippen LogP contribution in [0.2, 0.25) is 0 Å². The fourth-order valence-corrected chi connectivity index (χ4v) is 1.04. The van der Waals surface area contributed by atoms with E-state index in [0.717, 1.165) is 13.0 Å². The summed E-state index contributed by atoms with van der Waals surface area (Å²) < 4.78 is 4.73. The van der Waals surface area contributed by atoms with Crippen molar-refractivity contribution in [3.63, 3.8) is 0 Å². The van der Waals surface area contributed by atoms with Crippen LogP contribution in [0, 0.1) is 5.92 Å². The Hall–Kier alpha value is -1.09. The molecule has 19 heavy (non-hydrogen) atoms. The predicted molar refractivity (Wildman–Crippen MR) is 83.2 cm³/mol. The van der Waals surface area contributed by atoms with Gasteiger partial charge in [0.15, 0.2) is 0 Å². The van der Waals surface area contributed by atoms with Gasteiger partial charge in [-0.2, -0.15) is 0 Å². The highest BCUT2D eigenvalue weighted by atomic mass is 16.5. The maximum absolute atomic E-state index is 10.3. The summed E-state index contributed by atoms with van der Waals surface area (Å²) in [6.45, 7) is 11.5. The zero-order valence-corrected chi connectivity index (χ0v) is 13.7. The zero-order valence-electron chi connectivity index (χ0n) is 13.7. The lowest BCUT2D eigenvalue weighted by molar-refractivity contribution is -0.141. The lowest BCUT2D eigenvalue weighted by Gasteiger charge is -2.08. The Balaban J connectivity index is 0. The van der Waals surface area contributed by atoms with Gasteiger partial charge in [0.1, 0.15) is 0 Å². The molecule has 0 aromatic heterocycles. The normalized spacial score (nSPS) is 11.7. The van der Waals surface area contributed by atoms with Gasteiger partial charge in [-0.25, -0.2) is 0 Å². The first-order valence-electron chi connectivity index (χ1n) is 6.88. The lowest BCUT2D eigenvalue weighted by Crippen LogP contribution is -2.15. The van der Waals surface area contributed by atoms with Gasteiger partial charge >= 0.3 is 5.97 Å². The highest BCUT2D eigenvalue weighted by molar-refractivity contribution is 5.65. The Morgan fingerprint density at radius 3 is 2.21 bits per heavy atom. The van der Waals surface area contributed by atoms with Gasteiger partial charge in [-0.3, -0.25) is 4.79 Å². The van der Waals surface area contributed by atoms with Crippen LogP contribution in [0.25, 0.3) is 0 Å².